The van der Waals surface area contributed by atoms with Crippen LogP contribution in [-0.4, -0.2) is 18.4 Å². The molecule has 0 aromatic rings. The van der Waals surface area contributed by atoms with Crippen LogP contribution in [0.25, 0.3) is 0 Å². The fraction of sp³-hybridized carbons (Fsp3) is 0.938. The van der Waals surface area contributed by atoms with Crippen molar-refractivity contribution in [2.24, 2.45) is 62.6 Å². The van der Waals surface area contributed by atoms with Crippen molar-refractivity contribution in [3.63, 3.8) is 0 Å². The molecular formula is C32H52O3. The van der Waals surface area contributed by atoms with Crippen LogP contribution in [-0.2, 0) is 14.3 Å². The van der Waals surface area contributed by atoms with E-state index in [1.165, 1.54) is 51.2 Å². The summed E-state index contributed by atoms with van der Waals surface area (Å²) >= 11 is 0. The smallest absolute Gasteiger partial charge is 0.302 e. The highest BCUT2D eigenvalue weighted by Gasteiger charge is 2.71. The number of fused-ring (bicyclic) bond motifs is 7. The highest BCUT2D eigenvalue weighted by Crippen LogP contribution is 2.77. The molecule has 0 amide bonds. The third kappa shape index (κ3) is 3.27. The van der Waals surface area contributed by atoms with E-state index in [9.17, 15) is 9.59 Å². The Labute approximate surface area is 214 Å². The maximum Gasteiger partial charge on any atom is 0.302 e. The fourth-order valence-electron chi connectivity index (χ4n) is 12.0. The quantitative estimate of drug-likeness (QED) is 0.302. The molecule has 0 radical (unpaired) electrons. The minimum Gasteiger partial charge on any atom is -0.462 e. The summed E-state index contributed by atoms with van der Waals surface area (Å²) in [5.41, 5.74) is 0.909. The Kier molecular flexibility index (Phi) is 5.94. The van der Waals surface area contributed by atoms with Crippen molar-refractivity contribution in [2.75, 3.05) is 0 Å². The summed E-state index contributed by atoms with van der Waals surface area (Å²) in [4.78, 5) is 24.5. The largest absolute Gasteiger partial charge is 0.462 e. The van der Waals surface area contributed by atoms with Gasteiger partial charge in [0.05, 0.1) is 0 Å². The van der Waals surface area contributed by atoms with E-state index in [-0.39, 0.29) is 22.9 Å². The van der Waals surface area contributed by atoms with Crippen molar-refractivity contribution in [3.05, 3.63) is 0 Å². The van der Waals surface area contributed by atoms with Gasteiger partial charge in [-0.3, -0.25) is 4.79 Å². The zero-order chi connectivity index (χ0) is 25.6. The highest BCUT2D eigenvalue weighted by molar-refractivity contribution is 5.66. The second kappa shape index (κ2) is 8.07. The number of carbonyl (C=O) groups excluding carboxylic acids is 2. The van der Waals surface area contributed by atoms with Crippen molar-refractivity contribution in [2.45, 2.75) is 126 Å². The summed E-state index contributed by atoms with van der Waals surface area (Å²) in [6, 6.07) is 0. The molecule has 0 aromatic heterocycles. The average molecular weight is 485 g/mol. The Hall–Kier alpha value is -0.860. The lowest BCUT2D eigenvalue weighted by Crippen LogP contribution is -2.67. The van der Waals surface area contributed by atoms with Gasteiger partial charge in [-0.25, -0.2) is 0 Å². The summed E-state index contributed by atoms with van der Waals surface area (Å²) in [5.74, 6) is 3.82. The number of ether oxygens (including phenoxy) is 1. The predicted molar refractivity (Wildman–Crippen MR) is 141 cm³/mol. The lowest BCUT2D eigenvalue weighted by molar-refractivity contribution is -0.249. The molecule has 0 spiro atoms. The van der Waals surface area contributed by atoms with E-state index in [4.69, 9.17) is 4.74 Å². The van der Waals surface area contributed by atoms with Crippen LogP contribution in [0.3, 0.4) is 0 Å². The van der Waals surface area contributed by atoms with Gasteiger partial charge >= 0.3 is 5.97 Å². The lowest BCUT2D eigenvalue weighted by Gasteiger charge is -2.72. The van der Waals surface area contributed by atoms with Crippen LogP contribution < -0.4 is 0 Å². The number of carbonyl (C=O) groups is 2. The Morgan fingerprint density at radius 3 is 2.17 bits per heavy atom. The second-order valence-electron chi connectivity index (χ2n) is 15.4. The van der Waals surface area contributed by atoms with Crippen LogP contribution in [0.15, 0.2) is 0 Å². The predicted octanol–water partition coefficient (Wildman–Crippen LogP) is 7.85. The SMILES string of the molecule is CC(=O)O[C@H]1CC[C@@]2(C)C(CC[C@]3(C)C2CCC2C4[C@H](C(C)C)CC[C@]4(C=O)CC[C@]23C)C1(C)C. The first-order chi connectivity index (χ1) is 16.3. The van der Waals surface area contributed by atoms with E-state index >= 15 is 0 Å². The Balaban J connectivity index is 1.51. The molecule has 4 unspecified atom stereocenters. The molecule has 3 heteroatoms. The van der Waals surface area contributed by atoms with E-state index in [0.29, 0.717) is 45.8 Å². The summed E-state index contributed by atoms with van der Waals surface area (Å²) < 4.78 is 5.90. The van der Waals surface area contributed by atoms with E-state index in [2.05, 4.69) is 48.5 Å². The molecule has 5 aliphatic carbocycles. The Morgan fingerprint density at radius 2 is 1.54 bits per heavy atom. The number of rotatable bonds is 3. The van der Waals surface area contributed by atoms with Gasteiger partial charge in [-0.2, -0.15) is 0 Å². The fourth-order valence-corrected chi connectivity index (χ4v) is 12.0. The molecule has 5 aliphatic rings. The molecule has 5 rings (SSSR count). The molecule has 0 aromatic carbocycles. The topological polar surface area (TPSA) is 43.4 Å². The summed E-state index contributed by atoms with van der Waals surface area (Å²) in [6.45, 7) is 19.1. The van der Waals surface area contributed by atoms with Gasteiger partial charge < -0.3 is 9.53 Å². The van der Waals surface area contributed by atoms with Gasteiger partial charge in [-0.15, -0.1) is 0 Å². The molecule has 0 heterocycles. The van der Waals surface area contributed by atoms with E-state index in [0.717, 1.165) is 25.2 Å². The maximum atomic E-state index is 12.7. The first kappa shape index (κ1) is 25.8. The van der Waals surface area contributed by atoms with Gasteiger partial charge in [0.1, 0.15) is 12.4 Å². The average Bonchev–Trinajstić information content (AvgIpc) is 3.16. The van der Waals surface area contributed by atoms with Crippen molar-refractivity contribution < 1.29 is 14.3 Å². The zero-order valence-electron chi connectivity index (χ0n) is 23.9. The summed E-state index contributed by atoms with van der Waals surface area (Å²) in [5, 5.41) is 0. The number of hydrogen-bond acceptors (Lipinski definition) is 3. The van der Waals surface area contributed by atoms with E-state index in [1.807, 2.05) is 0 Å². The van der Waals surface area contributed by atoms with Crippen LogP contribution >= 0.6 is 0 Å². The minimum atomic E-state index is -0.127. The van der Waals surface area contributed by atoms with E-state index in [1.54, 1.807) is 6.92 Å². The minimum absolute atomic E-state index is 0.0190. The molecule has 10 atom stereocenters. The molecule has 5 saturated carbocycles. The van der Waals surface area contributed by atoms with Crippen LogP contribution in [0.1, 0.15) is 120 Å². The molecular weight excluding hydrogens is 432 g/mol. The van der Waals surface area contributed by atoms with Gasteiger partial charge in [0.15, 0.2) is 0 Å². The third-order valence-electron chi connectivity index (χ3n) is 13.9. The van der Waals surface area contributed by atoms with Crippen molar-refractivity contribution >= 4 is 12.3 Å². The van der Waals surface area contributed by atoms with Crippen LogP contribution in [0, 0.1) is 62.6 Å². The lowest BCUT2D eigenvalue weighted by atomic mass is 9.32. The maximum absolute atomic E-state index is 12.7. The van der Waals surface area contributed by atoms with Crippen molar-refractivity contribution in [3.8, 4) is 0 Å². The van der Waals surface area contributed by atoms with Gasteiger partial charge in [-0.05, 0) is 116 Å². The van der Waals surface area contributed by atoms with Crippen molar-refractivity contribution in [1.82, 2.24) is 0 Å². The first-order valence-electron chi connectivity index (χ1n) is 14.9. The zero-order valence-corrected chi connectivity index (χ0v) is 23.9. The molecule has 35 heavy (non-hydrogen) atoms. The third-order valence-corrected chi connectivity index (χ3v) is 13.9. The number of aldehydes is 1. The molecule has 0 saturated heterocycles. The number of esters is 1. The molecule has 5 fully saturated rings. The second-order valence-corrected chi connectivity index (χ2v) is 15.4. The van der Waals surface area contributed by atoms with Gasteiger partial charge in [-0.1, -0.05) is 48.5 Å². The molecule has 0 N–H and O–H groups in total. The highest BCUT2D eigenvalue weighted by atomic mass is 16.5. The first-order valence-corrected chi connectivity index (χ1v) is 14.9. The van der Waals surface area contributed by atoms with E-state index < -0.39 is 0 Å². The van der Waals surface area contributed by atoms with Crippen LogP contribution in [0.2, 0.25) is 0 Å². The molecule has 198 valence electrons. The Bertz CT molecular complexity index is 876. The standard InChI is InChI=1S/C32H52O3/c1-20(2)22-11-16-32(19-33)18-17-30(7)23(27(22)32)9-10-25-29(6)14-13-26(35-21(3)34)28(4,5)24(29)12-15-31(25,30)8/h19-20,22-27H,9-18H2,1-8H3/t22-,23?,24?,25?,26-,27?,29-,30+,31+,32+/m0/s1. The summed E-state index contributed by atoms with van der Waals surface area (Å²) in [7, 11) is 0. The van der Waals surface area contributed by atoms with Gasteiger partial charge in [0, 0.05) is 17.8 Å². The molecule has 0 bridgehead atoms. The van der Waals surface area contributed by atoms with Gasteiger partial charge in [0.2, 0.25) is 0 Å². The number of hydrogen-bond donors (Lipinski definition) is 0. The Morgan fingerprint density at radius 1 is 0.829 bits per heavy atom. The molecule has 3 nitrogen and oxygen atoms in total. The van der Waals surface area contributed by atoms with Crippen molar-refractivity contribution in [1.29, 1.82) is 0 Å². The summed E-state index contributed by atoms with van der Waals surface area (Å²) in [6.07, 6.45) is 13.5. The molecule has 0 aliphatic heterocycles. The van der Waals surface area contributed by atoms with Gasteiger partial charge in [0.25, 0.3) is 0 Å². The van der Waals surface area contributed by atoms with Crippen LogP contribution in [0.5, 0.6) is 0 Å². The van der Waals surface area contributed by atoms with Crippen LogP contribution in [0.4, 0.5) is 0 Å². The monoisotopic (exact) mass is 484 g/mol. The normalized spacial score (nSPS) is 52.6.